The summed E-state index contributed by atoms with van der Waals surface area (Å²) in [4.78, 5) is 31.9. The van der Waals surface area contributed by atoms with Gasteiger partial charge in [0, 0.05) is 30.0 Å². The van der Waals surface area contributed by atoms with Crippen LogP contribution < -0.4 is 15.4 Å². The highest BCUT2D eigenvalue weighted by Gasteiger charge is 2.32. The number of rotatable bonds is 7. The van der Waals surface area contributed by atoms with Crippen LogP contribution in [-0.4, -0.2) is 69.9 Å². The topological polar surface area (TPSA) is 129 Å². The number of amides is 2. The minimum absolute atomic E-state index is 0.112. The number of amidine groups is 1. The summed E-state index contributed by atoms with van der Waals surface area (Å²) in [5.41, 5.74) is 1.61. The molecule has 3 N–H and O–H groups in total. The fraction of sp³-hybridized carbons (Fsp3) is 0.375. The molecule has 11 heteroatoms. The summed E-state index contributed by atoms with van der Waals surface area (Å²) in [6.45, 7) is 6.70. The van der Waals surface area contributed by atoms with Gasteiger partial charge in [0.2, 0.25) is 11.8 Å². The van der Waals surface area contributed by atoms with Gasteiger partial charge in [0.25, 0.3) is 10.0 Å². The van der Waals surface area contributed by atoms with Gasteiger partial charge in [-0.25, -0.2) is 8.42 Å². The van der Waals surface area contributed by atoms with Crippen LogP contribution in [0.1, 0.15) is 19.4 Å². The number of benzene rings is 2. The summed E-state index contributed by atoms with van der Waals surface area (Å²) in [6.07, 6.45) is 0. The minimum Gasteiger partial charge on any atom is -0.379 e. The van der Waals surface area contributed by atoms with Crippen molar-refractivity contribution in [1.29, 1.82) is 0 Å². The van der Waals surface area contributed by atoms with Crippen LogP contribution in [0.3, 0.4) is 0 Å². The van der Waals surface area contributed by atoms with Crippen LogP contribution in [0.15, 0.2) is 58.4 Å². The van der Waals surface area contributed by atoms with Crippen molar-refractivity contribution in [3.63, 3.8) is 0 Å². The van der Waals surface area contributed by atoms with Crippen LogP contribution in [0.5, 0.6) is 0 Å². The number of carbonyl (C=O) groups is 2. The summed E-state index contributed by atoms with van der Waals surface area (Å²) in [5, 5.41) is 5.69. The third kappa shape index (κ3) is 6.05. The molecule has 0 aromatic heterocycles. The van der Waals surface area contributed by atoms with Crippen molar-refractivity contribution < 1.29 is 22.7 Å². The molecule has 10 nitrogen and oxygen atoms in total. The molecule has 2 amide bonds. The van der Waals surface area contributed by atoms with Gasteiger partial charge in [-0.05, 0) is 42.3 Å². The first kappa shape index (κ1) is 24.8. The highest BCUT2D eigenvalue weighted by Crippen LogP contribution is 2.24. The van der Waals surface area contributed by atoms with Crippen molar-refractivity contribution in [3.05, 3.63) is 54.1 Å². The molecular formula is C24H29N5O5S. The van der Waals surface area contributed by atoms with Crippen molar-refractivity contribution in [2.45, 2.75) is 24.8 Å². The molecule has 0 unspecified atom stereocenters. The molecule has 4 rings (SSSR count). The second kappa shape index (κ2) is 10.5. The molecule has 2 aromatic rings. The van der Waals surface area contributed by atoms with Crippen molar-refractivity contribution in [2.24, 2.45) is 10.9 Å². The zero-order valence-corrected chi connectivity index (χ0v) is 20.5. The maximum atomic E-state index is 13.0. The Morgan fingerprint density at radius 2 is 1.66 bits per heavy atom. The first-order valence-electron chi connectivity index (χ1n) is 11.4. The second-order valence-corrected chi connectivity index (χ2v) is 10.4. The van der Waals surface area contributed by atoms with Gasteiger partial charge in [0.05, 0.1) is 24.7 Å². The Bertz CT molecular complexity index is 1220. The zero-order chi connectivity index (χ0) is 25.0. The summed E-state index contributed by atoms with van der Waals surface area (Å²) < 4.78 is 32.5. The third-order valence-corrected chi connectivity index (χ3v) is 7.14. The second-order valence-electron chi connectivity index (χ2n) is 8.77. The highest BCUT2D eigenvalue weighted by atomic mass is 32.2. The smallest absolute Gasteiger partial charge is 0.263 e. The van der Waals surface area contributed by atoms with E-state index in [0.717, 1.165) is 13.1 Å². The molecule has 0 radical (unpaired) electrons. The average molecular weight is 500 g/mol. The van der Waals surface area contributed by atoms with E-state index in [9.17, 15) is 18.0 Å². The summed E-state index contributed by atoms with van der Waals surface area (Å²) in [6, 6.07) is 12.5. The maximum Gasteiger partial charge on any atom is 0.263 e. The SMILES string of the molecule is CC(C)[C@H](N=C1NS(=O)(=O)c2ccccc21)C(=O)Nc1ccc(NC(=O)CN2CCOCC2)cc1. The first-order valence-corrected chi connectivity index (χ1v) is 12.9. The van der Waals surface area contributed by atoms with E-state index in [0.29, 0.717) is 36.7 Å². The number of aliphatic imine (C=N–C) groups is 1. The number of anilines is 2. The molecule has 1 fully saturated rings. The lowest BCUT2D eigenvalue weighted by Crippen LogP contribution is -2.41. The quantitative estimate of drug-likeness (QED) is 0.531. The standard InChI is InChI=1S/C24H29N5O5S/c1-16(2)22(27-23-19-5-3-4-6-20(19)35(32,33)28-23)24(31)26-18-9-7-17(8-10-18)25-21(30)15-29-11-13-34-14-12-29/h3-10,16,22H,11-15H2,1-2H3,(H,25,30)(H,26,31)(H,27,28)/t22-/m0/s1. The maximum absolute atomic E-state index is 13.0. The van der Waals surface area contributed by atoms with Crippen LogP contribution in [-0.2, 0) is 24.3 Å². The Morgan fingerprint density at radius 3 is 2.31 bits per heavy atom. The molecule has 2 aliphatic heterocycles. The lowest BCUT2D eigenvalue weighted by Gasteiger charge is -2.25. The number of hydrogen-bond donors (Lipinski definition) is 3. The normalized spacial score (nSPS) is 19.1. The van der Waals surface area contributed by atoms with E-state index in [1.165, 1.54) is 6.07 Å². The van der Waals surface area contributed by atoms with Crippen LogP contribution in [0.2, 0.25) is 0 Å². The molecule has 2 aliphatic rings. The monoisotopic (exact) mass is 499 g/mol. The Kier molecular flexibility index (Phi) is 7.48. The lowest BCUT2D eigenvalue weighted by molar-refractivity contribution is -0.119. The largest absolute Gasteiger partial charge is 0.379 e. The van der Waals surface area contributed by atoms with Gasteiger partial charge in [-0.2, -0.15) is 0 Å². The lowest BCUT2D eigenvalue weighted by atomic mass is 10.0. The predicted octanol–water partition coefficient (Wildman–Crippen LogP) is 1.66. The molecule has 0 saturated carbocycles. The van der Waals surface area contributed by atoms with E-state index in [2.05, 4.69) is 20.3 Å². The number of hydrogen-bond acceptors (Lipinski definition) is 7. The van der Waals surface area contributed by atoms with E-state index >= 15 is 0 Å². The molecule has 2 heterocycles. The molecule has 1 atom stereocenters. The van der Waals surface area contributed by atoms with Gasteiger partial charge >= 0.3 is 0 Å². The van der Waals surface area contributed by atoms with Crippen LogP contribution in [0, 0.1) is 5.92 Å². The number of carbonyl (C=O) groups excluding carboxylic acids is 2. The molecule has 2 aromatic carbocycles. The van der Waals surface area contributed by atoms with Gasteiger partial charge in [-0.1, -0.05) is 26.0 Å². The number of fused-ring (bicyclic) bond motifs is 1. The molecule has 0 bridgehead atoms. The van der Waals surface area contributed by atoms with Gasteiger partial charge in [-0.3, -0.25) is 24.2 Å². The molecule has 0 aliphatic carbocycles. The minimum atomic E-state index is -3.69. The fourth-order valence-electron chi connectivity index (χ4n) is 3.90. The van der Waals surface area contributed by atoms with E-state index in [1.807, 2.05) is 18.7 Å². The number of nitrogens with one attached hydrogen (secondary N) is 3. The van der Waals surface area contributed by atoms with Crippen LogP contribution in [0.25, 0.3) is 0 Å². The Labute approximate surface area is 204 Å². The van der Waals surface area contributed by atoms with Crippen LogP contribution in [0.4, 0.5) is 11.4 Å². The van der Waals surface area contributed by atoms with E-state index in [4.69, 9.17) is 4.74 Å². The van der Waals surface area contributed by atoms with Crippen molar-refractivity contribution in [1.82, 2.24) is 9.62 Å². The molecular weight excluding hydrogens is 470 g/mol. The van der Waals surface area contributed by atoms with E-state index in [1.54, 1.807) is 42.5 Å². The first-order chi connectivity index (χ1) is 16.7. The number of ether oxygens (including phenoxy) is 1. The predicted molar refractivity (Wildman–Crippen MR) is 133 cm³/mol. The number of morpholine rings is 1. The summed E-state index contributed by atoms with van der Waals surface area (Å²) in [5.74, 6) is -0.495. The fourth-order valence-corrected chi connectivity index (χ4v) is 5.13. The summed E-state index contributed by atoms with van der Waals surface area (Å²) in [7, 11) is -3.69. The number of nitrogens with zero attached hydrogens (tertiary/aromatic N) is 2. The van der Waals surface area contributed by atoms with E-state index in [-0.39, 0.29) is 28.5 Å². The number of sulfonamides is 1. The van der Waals surface area contributed by atoms with Crippen molar-refractivity contribution >= 4 is 39.0 Å². The van der Waals surface area contributed by atoms with Crippen LogP contribution >= 0.6 is 0 Å². The molecule has 35 heavy (non-hydrogen) atoms. The van der Waals surface area contributed by atoms with Gasteiger partial charge < -0.3 is 15.4 Å². The summed E-state index contributed by atoms with van der Waals surface area (Å²) >= 11 is 0. The van der Waals surface area contributed by atoms with Gasteiger partial charge in [0.15, 0.2) is 0 Å². The Hall–Kier alpha value is -3.28. The Morgan fingerprint density at radius 1 is 1.03 bits per heavy atom. The van der Waals surface area contributed by atoms with Crippen molar-refractivity contribution in [3.8, 4) is 0 Å². The van der Waals surface area contributed by atoms with Gasteiger partial charge in [-0.15, -0.1) is 0 Å². The Balaban J connectivity index is 1.40. The highest BCUT2D eigenvalue weighted by molar-refractivity contribution is 7.90. The van der Waals surface area contributed by atoms with Gasteiger partial charge in [0.1, 0.15) is 11.9 Å². The van der Waals surface area contributed by atoms with Crippen molar-refractivity contribution in [2.75, 3.05) is 43.5 Å². The van der Waals surface area contributed by atoms with E-state index < -0.39 is 16.1 Å². The molecule has 1 saturated heterocycles. The average Bonchev–Trinajstić information content (AvgIpc) is 3.09. The zero-order valence-electron chi connectivity index (χ0n) is 19.7. The third-order valence-electron chi connectivity index (χ3n) is 5.74. The molecule has 186 valence electrons. The molecule has 0 spiro atoms.